The highest BCUT2D eigenvalue weighted by Crippen LogP contribution is 1.94. The van der Waals surface area contributed by atoms with E-state index in [9.17, 15) is 4.79 Å². The zero-order valence-electron chi connectivity index (χ0n) is 4.88. The number of hydrogen-bond donors (Lipinski definition) is 5. The molecule has 7 nitrogen and oxygen atoms in total. The summed E-state index contributed by atoms with van der Waals surface area (Å²) < 4.78 is 0. The SMILES string of the molecule is NC(=O)N(C(O)O)C(O)O. The molecule has 0 radical (unpaired) electrons. The molecular formula is C3H8N2O5. The van der Waals surface area contributed by atoms with Gasteiger partial charge in [0.15, 0.2) is 0 Å². The molecule has 0 atom stereocenters. The maximum Gasteiger partial charge on any atom is 0.322 e. The van der Waals surface area contributed by atoms with Crippen LogP contribution in [0.15, 0.2) is 0 Å². The predicted octanol–water partition coefficient (Wildman–Crippen LogP) is -3.10. The molecule has 60 valence electrons. The molecule has 0 heterocycles. The van der Waals surface area contributed by atoms with E-state index in [2.05, 4.69) is 5.73 Å². The van der Waals surface area contributed by atoms with Gasteiger partial charge in [0, 0.05) is 0 Å². The van der Waals surface area contributed by atoms with Crippen LogP contribution in [0.5, 0.6) is 0 Å². The molecule has 0 aromatic heterocycles. The van der Waals surface area contributed by atoms with Crippen LogP contribution in [-0.4, -0.2) is 44.2 Å². The lowest BCUT2D eigenvalue weighted by Crippen LogP contribution is -2.49. The van der Waals surface area contributed by atoms with Gasteiger partial charge in [0.1, 0.15) is 0 Å². The summed E-state index contributed by atoms with van der Waals surface area (Å²) in [5.74, 6) is 0. The average Bonchev–Trinajstić information content (AvgIpc) is 1.59. The second kappa shape index (κ2) is 3.32. The smallest absolute Gasteiger partial charge is 0.322 e. The first-order valence-electron chi connectivity index (χ1n) is 2.27. The van der Waals surface area contributed by atoms with Crippen LogP contribution in [0.4, 0.5) is 4.79 Å². The van der Waals surface area contributed by atoms with E-state index >= 15 is 0 Å². The Hall–Kier alpha value is -0.890. The van der Waals surface area contributed by atoms with E-state index in [1.165, 1.54) is 0 Å². The van der Waals surface area contributed by atoms with Crippen LogP contribution >= 0.6 is 0 Å². The molecular weight excluding hydrogens is 144 g/mol. The number of amides is 2. The Bertz CT molecular complexity index is 116. The molecule has 7 heteroatoms. The van der Waals surface area contributed by atoms with Crippen molar-refractivity contribution in [3.8, 4) is 0 Å². The number of carbonyl (C=O) groups is 1. The standard InChI is InChI=1S/C3H8N2O5/c4-1(6)5(2(7)8)3(9)10/h2-3,7-10H,(H2,4,6). The third kappa shape index (κ3) is 2.15. The summed E-state index contributed by atoms with van der Waals surface area (Å²) in [5, 5.41) is 32.9. The van der Waals surface area contributed by atoms with Gasteiger partial charge in [0.25, 0.3) is 0 Å². The van der Waals surface area contributed by atoms with Crippen molar-refractivity contribution in [1.82, 2.24) is 4.90 Å². The number of aliphatic hydroxyl groups is 4. The van der Waals surface area contributed by atoms with Crippen molar-refractivity contribution in [2.24, 2.45) is 5.73 Å². The lowest BCUT2D eigenvalue weighted by atomic mass is 10.7. The van der Waals surface area contributed by atoms with Gasteiger partial charge in [-0.3, -0.25) is 0 Å². The Morgan fingerprint density at radius 1 is 1.20 bits per heavy atom. The molecule has 0 saturated heterocycles. The molecule has 10 heavy (non-hydrogen) atoms. The predicted molar refractivity (Wildman–Crippen MR) is 27.9 cm³/mol. The minimum atomic E-state index is -2.31. The quantitative estimate of drug-likeness (QED) is 0.268. The first-order valence-corrected chi connectivity index (χ1v) is 2.27. The van der Waals surface area contributed by atoms with Gasteiger partial charge >= 0.3 is 6.03 Å². The van der Waals surface area contributed by atoms with Crippen LogP contribution in [0.3, 0.4) is 0 Å². The third-order valence-corrected chi connectivity index (χ3v) is 0.752. The molecule has 0 fully saturated rings. The number of rotatable bonds is 2. The van der Waals surface area contributed by atoms with E-state index in [1.807, 2.05) is 0 Å². The Labute approximate surface area is 55.9 Å². The monoisotopic (exact) mass is 152 g/mol. The van der Waals surface area contributed by atoms with Gasteiger partial charge in [-0.15, -0.1) is 0 Å². The van der Waals surface area contributed by atoms with Crippen molar-refractivity contribution in [2.45, 2.75) is 12.8 Å². The Balaban J connectivity index is 4.12. The summed E-state index contributed by atoms with van der Waals surface area (Å²) >= 11 is 0. The largest absolute Gasteiger partial charge is 0.351 e. The van der Waals surface area contributed by atoms with Gasteiger partial charge in [-0.05, 0) is 0 Å². The number of urea groups is 1. The highest BCUT2D eigenvalue weighted by Gasteiger charge is 2.22. The van der Waals surface area contributed by atoms with Crippen molar-refractivity contribution < 1.29 is 25.2 Å². The summed E-state index contributed by atoms with van der Waals surface area (Å²) in [5.41, 5.74) is 4.49. The first-order chi connectivity index (χ1) is 4.46. The Morgan fingerprint density at radius 2 is 1.50 bits per heavy atom. The number of aliphatic hydroxyl groups excluding tert-OH is 2. The maximum atomic E-state index is 10.1. The van der Waals surface area contributed by atoms with Gasteiger partial charge < -0.3 is 26.2 Å². The van der Waals surface area contributed by atoms with Crippen LogP contribution in [0.2, 0.25) is 0 Å². The van der Waals surface area contributed by atoms with Gasteiger partial charge in [0.2, 0.25) is 12.8 Å². The highest BCUT2D eigenvalue weighted by molar-refractivity contribution is 5.71. The number of carbonyl (C=O) groups excluding carboxylic acids is 1. The molecule has 0 spiro atoms. The Morgan fingerprint density at radius 3 is 1.50 bits per heavy atom. The second-order valence-corrected chi connectivity index (χ2v) is 1.44. The van der Waals surface area contributed by atoms with E-state index in [0.717, 1.165) is 0 Å². The van der Waals surface area contributed by atoms with E-state index in [0.29, 0.717) is 0 Å². The van der Waals surface area contributed by atoms with Gasteiger partial charge in [-0.2, -0.15) is 0 Å². The van der Waals surface area contributed by atoms with Crippen molar-refractivity contribution in [2.75, 3.05) is 0 Å². The zero-order valence-corrected chi connectivity index (χ0v) is 4.88. The minimum absolute atomic E-state index is 0.139. The van der Waals surface area contributed by atoms with Crippen molar-refractivity contribution in [3.63, 3.8) is 0 Å². The lowest BCUT2D eigenvalue weighted by molar-refractivity contribution is -0.238. The molecule has 0 aromatic rings. The van der Waals surface area contributed by atoms with E-state index in [4.69, 9.17) is 20.4 Å². The van der Waals surface area contributed by atoms with Crippen molar-refractivity contribution >= 4 is 6.03 Å². The number of nitrogens with two attached hydrogens (primary N) is 1. The van der Waals surface area contributed by atoms with Gasteiger partial charge in [-0.1, -0.05) is 0 Å². The van der Waals surface area contributed by atoms with Crippen LogP contribution in [0.25, 0.3) is 0 Å². The normalized spacial score (nSPS) is 10.6. The molecule has 0 aliphatic carbocycles. The molecule has 0 aromatic carbocycles. The van der Waals surface area contributed by atoms with E-state index in [1.54, 1.807) is 0 Å². The summed E-state index contributed by atoms with van der Waals surface area (Å²) in [4.78, 5) is 9.95. The van der Waals surface area contributed by atoms with Crippen LogP contribution in [0.1, 0.15) is 0 Å². The molecule has 6 N–H and O–H groups in total. The van der Waals surface area contributed by atoms with Gasteiger partial charge in [0.05, 0.1) is 0 Å². The fourth-order valence-electron chi connectivity index (χ4n) is 0.347. The molecule has 0 aliphatic heterocycles. The van der Waals surface area contributed by atoms with Crippen LogP contribution in [-0.2, 0) is 0 Å². The number of primary amides is 1. The second-order valence-electron chi connectivity index (χ2n) is 1.44. The molecule has 0 rings (SSSR count). The number of nitrogens with zero attached hydrogens (tertiary/aromatic N) is 1. The highest BCUT2D eigenvalue weighted by atomic mass is 16.6. The fourth-order valence-corrected chi connectivity index (χ4v) is 0.347. The summed E-state index contributed by atoms with van der Waals surface area (Å²) in [6.45, 7) is 0. The maximum absolute atomic E-state index is 10.1. The van der Waals surface area contributed by atoms with E-state index < -0.39 is 18.9 Å². The van der Waals surface area contributed by atoms with Crippen molar-refractivity contribution in [3.05, 3.63) is 0 Å². The molecule has 0 aliphatic rings. The number of hydrogen-bond acceptors (Lipinski definition) is 5. The van der Waals surface area contributed by atoms with Crippen LogP contribution < -0.4 is 5.73 Å². The molecule has 2 amide bonds. The third-order valence-electron chi connectivity index (χ3n) is 0.752. The summed E-state index contributed by atoms with van der Waals surface area (Å²) in [6.07, 6.45) is -4.62. The lowest BCUT2D eigenvalue weighted by Gasteiger charge is -2.22. The average molecular weight is 152 g/mol. The van der Waals surface area contributed by atoms with Crippen LogP contribution in [0, 0.1) is 0 Å². The van der Waals surface area contributed by atoms with E-state index in [-0.39, 0.29) is 4.90 Å². The zero-order chi connectivity index (χ0) is 8.31. The summed E-state index contributed by atoms with van der Waals surface area (Å²) in [7, 11) is 0. The molecule has 0 unspecified atom stereocenters. The fraction of sp³-hybridized carbons (Fsp3) is 0.667. The van der Waals surface area contributed by atoms with Gasteiger partial charge in [-0.25, -0.2) is 9.69 Å². The topological polar surface area (TPSA) is 127 Å². The first kappa shape index (κ1) is 9.11. The summed E-state index contributed by atoms with van der Waals surface area (Å²) in [6, 6.07) is -1.34. The Kier molecular flexibility index (Phi) is 3.03. The molecule has 0 bridgehead atoms. The minimum Gasteiger partial charge on any atom is -0.351 e. The molecule has 0 saturated carbocycles. The van der Waals surface area contributed by atoms with Crippen molar-refractivity contribution in [1.29, 1.82) is 0 Å².